The molecule has 6 nitrogen and oxygen atoms in total. The van der Waals surface area contributed by atoms with Crippen LogP contribution in [0.4, 0.5) is 5.88 Å². The lowest BCUT2D eigenvalue weighted by molar-refractivity contribution is 0.507. The van der Waals surface area contributed by atoms with E-state index in [2.05, 4.69) is 4.98 Å². The number of rotatable bonds is 4. The number of oxazole rings is 1. The normalized spacial score (nSPS) is 15.8. The van der Waals surface area contributed by atoms with Crippen molar-refractivity contribution in [1.82, 2.24) is 4.98 Å². The van der Waals surface area contributed by atoms with Crippen LogP contribution in [-0.4, -0.2) is 26.5 Å². The summed E-state index contributed by atoms with van der Waals surface area (Å²) in [5.41, 5.74) is 0. The van der Waals surface area contributed by atoms with Gasteiger partial charge in [0.25, 0.3) is 5.89 Å². The number of hydrogen-bond acceptors (Lipinski definition) is 6. The first kappa shape index (κ1) is 16.9. The molecule has 0 spiro atoms. The molecule has 1 aliphatic rings. The molecule has 1 fully saturated rings. The van der Waals surface area contributed by atoms with Crippen molar-refractivity contribution in [3.63, 3.8) is 0 Å². The Morgan fingerprint density at radius 2 is 1.65 bits per heavy atom. The first-order chi connectivity index (χ1) is 12.7. The lowest BCUT2D eigenvalue weighted by Crippen LogP contribution is -2.25. The summed E-state index contributed by atoms with van der Waals surface area (Å²) < 4.78 is 37.6. The van der Waals surface area contributed by atoms with E-state index in [1.807, 2.05) is 4.90 Å². The largest absolute Gasteiger partial charge is 0.459 e. The summed E-state index contributed by atoms with van der Waals surface area (Å²) in [5, 5.41) is -0.0444. The van der Waals surface area contributed by atoms with Gasteiger partial charge in [-0.05, 0) is 37.1 Å². The molecule has 2 aromatic heterocycles. The quantitative estimate of drug-likeness (QED) is 0.685. The number of sulfone groups is 1. The predicted molar refractivity (Wildman–Crippen MR) is 96.8 cm³/mol. The molecule has 0 unspecified atom stereocenters. The Balaban J connectivity index is 1.84. The van der Waals surface area contributed by atoms with Crippen molar-refractivity contribution in [2.75, 3.05) is 18.0 Å². The Morgan fingerprint density at radius 1 is 0.923 bits per heavy atom. The van der Waals surface area contributed by atoms with E-state index >= 15 is 0 Å². The van der Waals surface area contributed by atoms with E-state index in [1.54, 1.807) is 42.5 Å². The van der Waals surface area contributed by atoms with Crippen LogP contribution in [0.5, 0.6) is 0 Å². The summed E-state index contributed by atoms with van der Waals surface area (Å²) in [7, 11) is -3.79. The van der Waals surface area contributed by atoms with Gasteiger partial charge in [0.05, 0.1) is 11.2 Å². The van der Waals surface area contributed by atoms with Gasteiger partial charge in [0.1, 0.15) is 0 Å². The van der Waals surface area contributed by atoms with E-state index in [0.717, 1.165) is 38.8 Å². The van der Waals surface area contributed by atoms with Gasteiger partial charge in [0.15, 0.2) is 5.76 Å². The molecule has 0 N–H and O–H groups in total. The zero-order chi connectivity index (χ0) is 18.0. The van der Waals surface area contributed by atoms with E-state index in [-0.39, 0.29) is 15.8 Å². The lowest BCUT2D eigenvalue weighted by atomic mass is 10.2. The molecule has 4 rings (SSSR count). The van der Waals surface area contributed by atoms with Crippen LogP contribution < -0.4 is 4.90 Å². The topological polar surface area (TPSA) is 76.5 Å². The van der Waals surface area contributed by atoms with E-state index < -0.39 is 9.84 Å². The summed E-state index contributed by atoms with van der Waals surface area (Å²) in [6.07, 6.45) is 5.78. The van der Waals surface area contributed by atoms with Gasteiger partial charge in [0, 0.05) is 13.1 Å². The number of nitrogens with zero attached hydrogens (tertiary/aromatic N) is 2. The highest BCUT2D eigenvalue weighted by atomic mass is 32.2. The monoisotopic (exact) mass is 372 g/mol. The third kappa shape index (κ3) is 3.14. The van der Waals surface area contributed by atoms with Gasteiger partial charge in [-0.25, -0.2) is 8.42 Å². The number of benzene rings is 1. The van der Waals surface area contributed by atoms with Gasteiger partial charge in [-0.15, -0.1) is 0 Å². The molecule has 1 aromatic carbocycles. The molecule has 3 aromatic rings. The van der Waals surface area contributed by atoms with Crippen molar-refractivity contribution < 1.29 is 17.3 Å². The Bertz CT molecular complexity index is 954. The summed E-state index contributed by atoms with van der Waals surface area (Å²) in [6.45, 7) is 1.51. The maximum Gasteiger partial charge on any atom is 0.266 e. The summed E-state index contributed by atoms with van der Waals surface area (Å²) >= 11 is 0. The molecular formula is C19H20N2O4S. The van der Waals surface area contributed by atoms with Crippen LogP contribution in [0, 0.1) is 0 Å². The maximum atomic E-state index is 13.2. The van der Waals surface area contributed by atoms with Crippen molar-refractivity contribution in [1.29, 1.82) is 0 Å². The van der Waals surface area contributed by atoms with E-state index in [1.165, 1.54) is 6.26 Å². The van der Waals surface area contributed by atoms with Crippen molar-refractivity contribution in [3.8, 4) is 11.7 Å². The minimum atomic E-state index is -3.79. The molecule has 3 heterocycles. The second-order valence-corrected chi connectivity index (χ2v) is 8.19. The molecule has 26 heavy (non-hydrogen) atoms. The molecule has 136 valence electrons. The predicted octanol–water partition coefficient (Wildman–Crippen LogP) is 4.15. The number of aromatic nitrogens is 1. The van der Waals surface area contributed by atoms with Crippen LogP contribution in [-0.2, 0) is 9.84 Å². The molecular weight excluding hydrogens is 352 g/mol. The van der Waals surface area contributed by atoms with Gasteiger partial charge in [-0.1, -0.05) is 31.0 Å². The molecule has 7 heteroatoms. The average molecular weight is 372 g/mol. The van der Waals surface area contributed by atoms with Crippen LogP contribution in [0.2, 0.25) is 0 Å². The second kappa shape index (κ2) is 6.99. The third-order valence-electron chi connectivity index (χ3n) is 4.51. The van der Waals surface area contributed by atoms with Gasteiger partial charge < -0.3 is 13.7 Å². The number of furan rings is 1. The van der Waals surface area contributed by atoms with Crippen LogP contribution >= 0.6 is 0 Å². The minimum Gasteiger partial charge on any atom is -0.459 e. The summed E-state index contributed by atoms with van der Waals surface area (Å²) in [4.78, 5) is 6.51. The van der Waals surface area contributed by atoms with E-state index in [4.69, 9.17) is 8.83 Å². The van der Waals surface area contributed by atoms with Gasteiger partial charge in [-0.2, -0.15) is 4.98 Å². The molecule has 0 atom stereocenters. The average Bonchev–Trinajstić information content (AvgIpc) is 3.27. The highest BCUT2D eigenvalue weighted by Gasteiger charge is 2.32. The van der Waals surface area contributed by atoms with Crippen LogP contribution in [0.3, 0.4) is 0 Å². The van der Waals surface area contributed by atoms with Crippen molar-refractivity contribution in [3.05, 3.63) is 48.7 Å². The van der Waals surface area contributed by atoms with Gasteiger partial charge in [0.2, 0.25) is 20.7 Å². The molecule has 0 bridgehead atoms. The van der Waals surface area contributed by atoms with Crippen molar-refractivity contribution in [2.45, 2.75) is 35.6 Å². The summed E-state index contributed by atoms with van der Waals surface area (Å²) in [5.74, 6) is 0.904. The molecule has 0 radical (unpaired) electrons. The number of hydrogen-bond donors (Lipinski definition) is 0. The molecule has 0 saturated carbocycles. The number of anilines is 1. The third-order valence-corrected chi connectivity index (χ3v) is 6.18. The fourth-order valence-electron chi connectivity index (χ4n) is 3.16. The van der Waals surface area contributed by atoms with Crippen LogP contribution in [0.15, 0.2) is 67.5 Å². The van der Waals surface area contributed by atoms with E-state index in [0.29, 0.717) is 11.6 Å². The van der Waals surface area contributed by atoms with Crippen LogP contribution in [0.1, 0.15) is 25.7 Å². The standard InChI is InChI=1S/C19H20N2O4S/c22-26(23,15-9-4-3-5-10-15)18-19(21-12-6-1-2-7-13-21)25-17(20-18)16-11-8-14-24-16/h3-5,8-11,14H,1-2,6-7,12-13H2. The second-order valence-electron chi connectivity index (χ2n) is 6.32. The molecule has 1 saturated heterocycles. The van der Waals surface area contributed by atoms with Gasteiger partial charge in [-0.3, -0.25) is 0 Å². The highest BCUT2D eigenvalue weighted by molar-refractivity contribution is 7.91. The SMILES string of the molecule is O=S(=O)(c1ccccc1)c1nc(-c2ccco2)oc1N1CCCCCC1. The molecule has 1 aliphatic heterocycles. The zero-order valence-corrected chi connectivity index (χ0v) is 15.1. The maximum absolute atomic E-state index is 13.2. The zero-order valence-electron chi connectivity index (χ0n) is 14.3. The summed E-state index contributed by atoms with van der Waals surface area (Å²) in [6, 6.07) is 11.8. The minimum absolute atomic E-state index is 0.0444. The van der Waals surface area contributed by atoms with Crippen LogP contribution in [0.25, 0.3) is 11.7 Å². The fraction of sp³-hybridized carbons (Fsp3) is 0.316. The Morgan fingerprint density at radius 3 is 2.31 bits per heavy atom. The molecule has 0 amide bonds. The Labute approximate surface area is 152 Å². The first-order valence-corrected chi connectivity index (χ1v) is 10.2. The van der Waals surface area contributed by atoms with Crippen molar-refractivity contribution in [2.24, 2.45) is 0 Å². The van der Waals surface area contributed by atoms with Gasteiger partial charge >= 0.3 is 0 Å². The highest BCUT2D eigenvalue weighted by Crippen LogP contribution is 2.35. The lowest BCUT2D eigenvalue weighted by Gasteiger charge is -2.19. The fourth-order valence-corrected chi connectivity index (χ4v) is 4.51. The smallest absolute Gasteiger partial charge is 0.266 e. The van der Waals surface area contributed by atoms with E-state index in [9.17, 15) is 8.42 Å². The first-order valence-electron chi connectivity index (χ1n) is 8.76. The Kier molecular flexibility index (Phi) is 4.55. The Hall–Kier alpha value is -2.54. The van der Waals surface area contributed by atoms with Crippen molar-refractivity contribution >= 4 is 15.7 Å². The molecule has 0 aliphatic carbocycles.